The molecule has 0 heterocycles. The molecule has 4 heteroatoms. The summed E-state index contributed by atoms with van der Waals surface area (Å²) in [6.07, 6.45) is 4.68. The quantitative estimate of drug-likeness (QED) is 0.296. The van der Waals surface area contributed by atoms with Gasteiger partial charge in [0.15, 0.2) is 0 Å². The van der Waals surface area contributed by atoms with E-state index in [0.29, 0.717) is 0 Å². The minimum absolute atomic E-state index is 0. The van der Waals surface area contributed by atoms with Crippen molar-refractivity contribution in [2.24, 2.45) is 0 Å². The maximum atomic E-state index is 5.33. The molecule has 0 aromatic heterocycles. The molecule has 13 heavy (non-hydrogen) atoms. The summed E-state index contributed by atoms with van der Waals surface area (Å²) in [7, 11) is 0. The molecule has 1 nitrogen and oxygen atoms in total. The molecule has 0 rings (SSSR count). The second kappa shape index (κ2) is 9.01. The third kappa shape index (κ3) is 11.7. The van der Waals surface area contributed by atoms with Crippen molar-refractivity contribution < 1.29 is 56.1 Å². The number of thiocarbonyl (C=S) groups is 1. The molecule has 0 aromatic rings. The van der Waals surface area contributed by atoms with E-state index in [1.54, 1.807) is 0 Å². The van der Waals surface area contributed by atoms with Gasteiger partial charge < -0.3 is 29.6 Å². The third-order valence-corrected chi connectivity index (χ3v) is 1.91. The van der Waals surface area contributed by atoms with Crippen LogP contribution in [0.15, 0.2) is 0 Å². The summed E-state index contributed by atoms with van der Waals surface area (Å²) in [5.74, 6) is 0. The van der Waals surface area contributed by atoms with Gasteiger partial charge in [-0.15, -0.1) is 0 Å². The van der Waals surface area contributed by atoms with Crippen LogP contribution in [0.2, 0.25) is 0 Å². The summed E-state index contributed by atoms with van der Waals surface area (Å²) in [6, 6.07) is 0. The molecular formula is C9H17KOS2. The van der Waals surface area contributed by atoms with Crippen LogP contribution in [0.4, 0.5) is 0 Å². The van der Waals surface area contributed by atoms with E-state index in [-0.39, 0.29) is 61.4 Å². The van der Waals surface area contributed by atoms with Gasteiger partial charge in [-0.3, -0.25) is 0 Å². The van der Waals surface area contributed by atoms with Crippen LogP contribution < -0.4 is 51.4 Å². The molecule has 0 fully saturated rings. The normalized spacial score (nSPS) is 10.4. The first-order chi connectivity index (χ1) is 5.48. The molecule has 0 aliphatic carbocycles. The van der Waals surface area contributed by atoms with Gasteiger partial charge in [0, 0.05) is 4.38 Å². The maximum absolute atomic E-state index is 5.33. The summed E-state index contributed by atoms with van der Waals surface area (Å²) in [5, 5.41) is 0. The van der Waals surface area contributed by atoms with Crippen LogP contribution in [-0.2, 0) is 17.4 Å². The van der Waals surface area contributed by atoms with Gasteiger partial charge in [-0.1, -0.05) is 19.8 Å². The van der Waals surface area contributed by atoms with Crippen molar-refractivity contribution in [3.05, 3.63) is 0 Å². The van der Waals surface area contributed by atoms with Gasteiger partial charge in [0.25, 0.3) is 0 Å². The van der Waals surface area contributed by atoms with E-state index in [2.05, 4.69) is 6.92 Å². The van der Waals surface area contributed by atoms with Gasteiger partial charge in [-0.2, -0.15) is 0 Å². The van der Waals surface area contributed by atoms with Crippen molar-refractivity contribution in [2.45, 2.75) is 52.1 Å². The largest absolute Gasteiger partial charge is 1.00 e. The first kappa shape index (κ1) is 17.2. The van der Waals surface area contributed by atoms with E-state index in [4.69, 9.17) is 29.6 Å². The van der Waals surface area contributed by atoms with Gasteiger partial charge >= 0.3 is 51.4 Å². The van der Waals surface area contributed by atoms with Crippen LogP contribution in [0.1, 0.15) is 46.5 Å². The molecule has 0 amide bonds. The zero-order valence-electron chi connectivity index (χ0n) is 9.05. The summed E-state index contributed by atoms with van der Waals surface area (Å²) >= 11 is 9.43. The fourth-order valence-corrected chi connectivity index (χ4v) is 1.53. The standard InChI is InChI=1S/C9H18OS2.K/c1-4-5-6-7-9(2,3)10-8(11)12;/h4-7H2,1-3H3,(H,11,12);/q;+1/p-1. The van der Waals surface area contributed by atoms with Crippen molar-refractivity contribution in [3.8, 4) is 0 Å². The molecular weight excluding hydrogens is 227 g/mol. The van der Waals surface area contributed by atoms with E-state index >= 15 is 0 Å². The van der Waals surface area contributed by atoms with E-state index in [0.717, 1.165) is 6.42 Å². The summed E-state index contributed by atoms with van der Waals surface area (Å²) in [6.45, 7) is 6.24. The molecule has 0 unspecified atom stereocenters. The average Bonchev–Trinajstić information content (AvgIpc) is 1.84. The molecule has 0 radical (unpaired) electrons. The van der Waals surface area contributed by atoms with Gasteiger partial charge in [-0.25, -0.2) is 0 Å². The Bertz CT molecular complexity index is 149. The van der Waals surface area contributed by atoms with Crippen molar-refractivity contribution in [3.63, 3.8) is 0 Å². The SMILES string of the molecule is CCCCCC(C)(C)OC(=S)[S-].[K+]. The van der Waals surface area contributed by atoms with Crippen molar-refractivity contribution in [2.75, 3.05) is 0 Å². The Labute approximate surface area is 135 Å². The van der Waals surface area contributed by atoms with Crippen LogP contribution >= 0.6 is 12.2 Å². The minimum atomic E-state index is -0.173. The predicted molar refractivity (Wildman–Crippen MR) is 59.3 cm³/mol. The molecule has 0 spiro atoms. The van der Waals surface area contributed by atoms with Crippen molar-refractivity contribution in [1.29, 1.82) is 0 Å². The number of hydrogen-bond acceptors (Lipinski definition) is 3. The Kier molecular flexibility index (Phi) is 11.9. The Morgan fingerprint density at radius 1 is 1.38 bits per heavy atom. The van der Waals surface area contributed by atoms with E-state index in [9.17, 15) is 0 Å². The predicted octanol–water partition coefficient (Wildman–Crippen LogP) is 0.198. The molecule has 0 saturated carbocycles. The topological polar surface area (TPSA) is 9.23 Å². The van der Waals surface area contributed by atoms with Gasteiger partial charge in [0.05, 0.1) is 0 Å². The summed E-state index contributed by atoms with van der Waals surface area (Å²) in [5.41, 5.74) is -0.173. The second-order valence-corrected chi connectivity index (χ2v) is 4.57. The Morgan fingerprint density at radius 2 is 1.92 bits per heavy atom. The Morgan fingerprint density at radius 3 is 2.31 bits per heavy atom. The number of rotatable bonds is 5. The Hall–Kier alpha value is 1.75. The van der Waals surface area contributed by atoms with Crippen molar-refractivity contribution in [1.82, 2.24) is 0 Å². The van der Waals surface area contributed by atoms with Crippen LogP contribution in [0.5, 0.6) is 0 Å². The molecule has 0 aliphatic rings. The van der Waals surface area contributed by atoms with Crippen LogP contribution in [0, 0.1) is 0 Å². The summed E-state index contributed by atoms with van der Waals surface area (Å²) < 4.78 is 5.56. The number of ether oxygens (including phenoxy) is 1. The van der Waals surface area contributed by atoms with Crippen LogP contribution in [0.3, 0.4) is 0 Å². The first-order valence-electron chi connectivity index (χ1n) is 4.38. The van der Waals surface area contributed by atoms with Crippen LogP contribution in [-0.4, -0.2) is 9.98 Å². The van der Waals surface area contributed by atoms with E-state index in [1.165, 1.54) is 19.3 Å². The van der Waals surface area contributed by atoms with Gasteiger partial charge in [-0.05, 0) is 26.7 Å². The van der Waals surface area contributed by atoms with Crippen LogP contribution in [0.25, 0.3) is 0 Å². The first-order valence-corrected chi connectivity index (χ1v) is 5.19. The van der Waals surface area contributed by atoms with E-state index in [1.807, 2.05) is 13.8 Å². The zero-order valence-corrected chi connectivity index (χ0v) is 13.8. The minimum Gasteiger partial charge on any atom is -0.508 e. The number of hydrogen-bond donors (Lipinski definition) is 0. The fraction of sp³-hybridized carbons (Fsp3) is 0.889. The smallest absolute Gasteiger partial charge is 0.508 e. The molecule has 0 aliphatic heterocycles. The zero-order chi connectivity index (χ0) is 9.61. The molecule has 0 N–H and O–H groups in total. The molecule has 72 valence electrons. The molecule has 0 bridgehead atoms. The second-order valence-electron chi connectivity index (χ2n) is 3.57. The van der Waals surface area contributed by atoms with Gasteiger partial charge in [0.2, 0.25) is 0 Å². The summed E-state index contributed by atoms with van der Waals surface area (Å²) in [4.78, 5) is 0. The van der Waals surface area contributed by atoms with Gasteiger partial charge in [0.1, 0.15) is 5.60 Å². The average molecular weight is 244 g/mol. The number of unbranched alkanes of at least 4 members (excludes halogenated alkanes) is 2. The molecule has 0 saturated heterocycles. The fourth-order valence-electron chi connectivity index (χ4n) is 1.08. The maximum Gasteiger partial charge on any atom is 1.00 e. The Balaban J connectivity index is 0. The molecule has 0 atom stereocenters. The molecule has 0 aromatic carbocycles. The van der Waals surface area contributed by atoms with E-state index < -0.39 is 0 Å². The third-order valence-electron chi connectivity index (χ3n) is 1.74. The monoisotopic (exact) mass is 244 g/mol. The van der Waals surface area contributed by atoms with Crippen molar-refractivity contribution >= 4 is 29.2 Å².